The number of carbonyl (C=O) groups excluding carboxylic acids is 9. The van der Waals surface area contributed by atoms with Crippen LogP contribution in [0.4, 0.5) is 129 Å². The van der Waals surface area contributed by atoms with Gasteiger partial charge < -0.3 is 62.3 Å². The average Bonchev–Trinajstić information content (AvgIpc) is 1.37. The van der Waals surface area contributed by atoms with Crippen LogP contribution < -0.4 is 105 Å². The van der Waals surface area contributed by atoms with Gasteiger partial charge in [-0.05, 0) is 58.4 Å². The molecular formula is C79H83F12KN12O23P2. The van der Waals surface area contributed by atoms with Gasteiger partial charge in [-0.1, -0.05) is 38.0 Å². The molecule has 8 aliphatic rings. The average molecular weight is 1900 g/mol. The van der Waals surface area contributed by atoms with Crippen LogP contribution in [0.25, 0.3) is 0 Å². The summed E-state index contributed by atoms with van der Waals surface area (Å²) in [6, 6.07) is 5.34. The predicted octanol–water partition coefficient (Wildman–Crippen LogP) is 10.1. The zero-order valence-corrected chi connectivity index (χ0v) is 75.2. The Labute approximate surface area is 769 Å². The van der Waals surface area contributed by atoms with E-state index in [1.165, 1.54) is 43.1 Å². The van der Waals surface area contributed by atoms with E-state index < -0.39 is 223 Å². The number of hydrogen-bond donors (Lipinski definition) is 2. The van der Waals surface area contributed by atoms with Crippen molar-refractivity contribution in [2.45, 2.75) is 137 Å². The fraction of sp³-hybridized carbons (Fsp3) is 0.405. The van der Waals surface area contributed by atoms with Gasteiger partial charge in [-0.3, -0.25) is 62.2 Å². The van der Waals surface area contributed by atoms with E-state index in [9.17, 15) is 102 Å². The van der Waals surface area contributed by atoms with Crippen LogP contribution in [0.15, 0.2) is 107 Å². The molecule has 2 aromatic heterocycles. The normalized spacial score (nSPS) is 19.0. The molecular weight excluding hydrogens is 1810 g/mol. The maximum Gasteiger partial charge on any atom is 1.00 e. The van der Waals surface area contributed by atoms with E-state index in [-0.39, 0.29) is 164 Å². The number of nitrogens with zero attached hydrogens (tertiary/aromatic N) is 12. The van der Waals surface area contributed by atoms with Gasteiger partial charge in [0.1, 0.15) is 59.7 Å². The number of aliphatic hydroxyl groups excluding tert-OH is 1. The van der Waals surface area contributed by atoms with Gasteiger partial charge in [-0.25, -0.2) is 85.7 Å². The number of ketones is 4. The van der Waals surface area contributed by atoms with Crippen molar-refractivity contribution >= 4 is 126 Å². The Kier molecular flexibility index (Phi) is 34.3. The first-order valence-corrected chi connectivity index (χ1v) is 41.9. The molecule has 14 rings (SSSR count). The second-order valence-electron chi connectivity index (χ2n) is 30.2. The van der Waals surface area contributed by atoms with E-state index >= 15 is 13.2 Å². The maximum atomic E-state index is 15.2. The first-order valence-electron chi connectivity index (χ1n) is 38.9. The van der Waals surface area contributed by atoms with E-state index in [0.29, 0.717) is 34.2 Å². The van der Waals surface area contributed by atoms with Crippen molar-refractivity contribution in [3.8, 4) is 0 Å². The molecule has 0 saturated carbocycles. The molecule has 692 valence electrons. The van der Waals surface area contributed by atoms with E-state index in [1.54, 1.807) is 55.4 Å². The fourth-order valence-electron chi connectivity index (χ4n) is 13.1. The minimum atomic E-state index is -4.84. The van der Waals surface area contributed by atoms with Gasteiger partial charge in [0.25, 0.3) is 0 Å². The molecule has 8 aliphatic heterocycles. The zero-order valence-electron chi connectivity index (χ0n) is 70.3. The fourth-order valence-corrected chi connectivity index (χ4v) is 16.4. The summed E-state index contributed by atoms with van der Waals surface area (Å²) >= 11 is 0. The summed E-state index contributed by atoms with van der Waals surface area (Å²) in [6.07, 6.45) is 3.40. The topological polar surface area (TPSA) is 400 Å². The molecule has 10 heterocycles. The second-order valence-corrected chi connectivity index (χ2v) is 33.7. The van der Waals surface area contributed by atoms with Gasteiger partial charge in [0.2, 0.25) is 0 Å². The van der Waals surface area contributed by atoms with E-state index in [4.69, 9.17) is 37.6 Å². The van der Waals surface area contributed by atoms with Crippen LogP contribution in [0.5, 0.6) is 0 Å². The number of benzene rings is 4. The molecule has 4 amide bonds. The molecule has 6 aromatic rings. The summed E-state index contributed by atoms with van der Waals surface area (Å²) in [7, 11) is -8.92. The van der Waals surface area contributed by atoms with Crippen LogP contribution >= 0.6 is 15.5 Å². The standard InChI is InChI=1S/C24H28F3N4O7P.C20H18F3N4O8P.C16H15F3N2O3.C15H13F3N2O4.C4H9O.K/c1-14(2)37-39(34,38-15(3)4)31(20-7-10-35-28-20)13-17-12-30(24(33)36-17)19-11-18(25)23(22(27)21(19)26)29-8-5-16(32)6-9-29;1-11(28)35-36(31,32)27(16-4-7-33-24-16)10-13-9-26(20(30)34-13)15-8-14(21)19(18(23)17(15)22)25-5-2-12(29)3-6-25;1-2-10-8-21(16(23)24-10)12-7-11(17)15(14(19)13(12)18)20-5-3-9(22)4-6-20;16-10-5-11(20-6-9(7-21)24-15(20)23)12(17)13(18)14(10)19-3-1-8(22)2-4-19;1-4(2,3)5;/h5,7-8,10-11,14-15,17H,6,9,12-13H2,1-4H3;2,4-5,7-8,13H,3,6,9-10H2,1H3,(H,31,32);3,5,7,10H,2,4,6,8H2,1H3;1,3,5,9,21H,2,4,6-7H2;1-3H3;/q;;;;-1;+1/t17-;13-;10-;9-;;/m1101../s1. The van der Waals surface area contributed by atoms with E-state index in [2.05, 4.69) is 19.4 Å². The van der Waals surface area contributed by atoms with Crippen LogP contribution in [-0.2, 0) is 65.6 Å². The van der Waals surface area contributed by atoms with Gasteiger partial charge in [-0.2, -0.15) is 0 Å². The van der Waals surface area contributed by atoms with Crippen molar-refractivity contribution in [2.75, 3.05) is 121 Å². The van der Waals surface area contributed by atoms with Crippen molar-refractivity contribution in [1.82, 2.24) is 10.3 Å². The van der Waals surface area contributed by atoms with Crippen molar-refractivity contribution < 1.29 is 213 Å². The Hall–Kier alpha value is -10.7. The Morgan fingerprint density at radius 1 is 0.488 bits per heavy atom. The Morgan fingerprint density at radius 2 is 0.760 bits per heavy atom. The van der Waals surface area contributed by atoms with Crippen molar-refractivity contribution in [3.63, 3.8) is 0 Å². The molecule has 2 N–H and O–H groups in total. The van der Waals surface area contributed by atoms with Crippen molar-refractivity contribution in [2.24, 2.45) is 0 Å². The largest absolute Gasteiger partial charge is 1.00 e. The number of cyclic esters (lactones) is 4. The smallest absolute Gasteiger partial charge is 0.850 e. The second kappa shape index (κ2) is 43.4. The van der Waals surface area contributed by atoms with E-state index in [1.807, 2.05) is 0 Å². The third kappa shape index (κ3) is 24.9. The Morgan fingerprint density at radius 3 is 1.00 bits per heavy atom. The molecule has 5 atom stereocenters. The first-order chi connectivity index (χ1) is 60.2. The van der Waals surface area contributed by atoms with Gasteiger partial charge >= 0.3 is 97.2 Å². The van der Waals surface area contributed by atoms with Crippen molar-refractivity contribution in [1.29, 1.82) is 0 Å². The molecule has 4 aromatic carbocycles. The predicted molar refractivity (Wildman–Crippen MR) is 427 cm³/mol. The molecule has 4 fully saturated rings. The molecule has 0 bridgehead atoms. The number of anilines is 10. The van der Waals surface area contributed by atoms with Gasteiger partial charge in [0.15, 0.2) is 105 Å². The summed E-state index contributed by atoms with van der Waals surface area (Å²) in [5.74, 6) is -18.3. The molecule has 35 nitrogen and oxygen atoms in total. The van der Waals surface area contributed by atoms with Gasteiger partial charge in [0.05, 0.1) is 80.8 Å². The third-order valence-electron chi connectivity index (χ3n) is 18.8. The number of aliphatic hydroxyl groups is 1. The molecule has 0 aliphatic carbocycles. The number of aromatic nitrogens is 2. The van der Waals surface area contributed by atoms with Gasteiger partial charge in [-0.15, -0.1) is 5.60 Å². The number of hydrogen-bond acceptors (Lipinski definition) is 28. The SMILES string of the molecule is CC(=O)OP(=O)(O)N(C[C@H]1CN(c2cc(F)c(N3C=CC(=O)CC3)c(F)c2F)C(=O)O1)c1ccon1.CC(C)(C)[O-].CC(C)OP(=O)(OC(C)C)N(C[C@H]1CN(c2cc(F)c(N3C=CC(=O)CC3)c(F)c2F)C(=O)O1)c1ccon1.CC[C@H]1CN(c2cc(F)c(N3C=CC(=O)CC3)c(F)c2F)C(=O)O1.O=C1C=CN(c2c(F)cc(N3C[C@H](CO)OC3=O)c(F)c2F)CC1.[K+]. The third-order valence-corrected chi connectivity index (χ3v) is 22.6. The van der Waals surface area contributed by atoms with Crippen LogP contribution in [-0.4, -0.2) is 188 Å². The minimum Gasteiger partial charge on any atom is -0.850 e. The number of amides is 4. The summed E-state index contributed by atoms with van der Waals surface area (Å²) in [5.41, 5.74) is -5.92. The molecule has 129 heavy (non-hydrogen) atoms. The van der Waals surface area contributed by atoms with Gasteiger partial charge in [0, 0.05) is 120 Å². The Balaban J connectivity index is 0.000000194. The quantitative estimate of drug-likeness (QED) is 0.0198. The summed E-state index contributed by atoms with van der Waals surface area (Å²) in [6.45, 7) is 11.8. The summed E-state index contributed by atoms with van der Waals surface area (Å²) in [5, 5.41) is 26.4. The molecule has 4 saturated heterocycles. The van der Waals surface area contributed by atoms with Crippen molar-refractivity contribution in [3.05, 3.63) is 168 Å². The molecule has 0 radical (unpaired) electrons. The minimum absolute atomic E-state index is 0. The molecule has 0 spiro atoms. The number of carbonyl (C=O) groups is 9. The molecule has 50 heteroatoms. The molecule has 1 unspecified atom stereocenters. The van der Waals surface area contributed by atoms with Crippen LogP contribution in [0.2, 0.25) is 0 Å². The van der Waals surface area contributed by atoms with Crippen LogP contribution in [0, 0.1) is 69.8 Å². The Bertz CT molecular complexity index is 5300. The number of halogens is 12. The first kappa shape index (κ1) is 102. The van der Waals surface area contributed by atoms with E-state index in [0.717, 1.165) is 82.7 Å². The summed E-state index contributed by atoms with van der Waals surface area (Å²) < 4.78 is 250. The maximum absolute atomic E-state index is 15.2. The number of ether oxygens (including phenoxy) is 4. The summed E-state index contributed by atoms with van der Waals surface area (Å²) in [4.78, 5) is 122. The monoisotopic (exact) mass is 1900 g/mol. The van der Waals surface area contributed by atoms with Crippen LogP contribution in [0.3, 0.4) is 0 Å². The van der Waals surface area contributed by atoms with Crippen LogP contribution in [0.1, 0.15) is 94.4 Å². The zero-order chi connectivity index (χ0) is 94.0. The number of rotatable bonds is 23. The number of allylic oxidation sites excluding steroid dienone is 4.